The van der Waals surface area contributed by atoms with Crippen molar-refractivity contribution in [3.8, 4) is 0 Å². The van der Waals surface area contributed by atoms with Gasteiger partial charge in [0, 0.05) is 5.39 Å². The molecule has 0 aliphatic carbocycles. The summed E-state index contributed by atoms with van der Waals surface area (Å²) < 4.78 is 4.72. The quantitative estimate of drug-likeness (QED) is 0.416. The monoisotopic (exact) mass is 224 g/mol. The van der Waals surface area contributed by atoms with Crippen LogP contribution in [0.2, 0.25) is 6.82 Å². The van der Waals surface area contributed by atoms with E-state index in [0.29, 0.717) is 16.5 Å². The normalized spacial score (nSPS) is 13.7. The number of esters is 2. The maximum Gasteiger partial charge on any atom is 0.346 e. The molecule has 82 valence electrons. The third kappa shape index (κ3) is 1.37. The van der Waals surface area contributed by atoms with Crippen LogP contribution in [0.3, 0.4) is 0 Å². The van der Waals surface area contributed by atoms with Gasteiger partial charge in [0.1, 0.15) is 0 Å². The van der Waals surface area contributed by atoms with Gasteiger partial charge in [-0.2, -0.15) is 0 Å². The summed E-state index contributed by atoms with van der Waals surface area (Å²) in [5, 5.41) is 1.63. The molecule has 3 nitrogen and oxygen atoms in total. The molecule has 0 aromatic heterocycles. The van der Waals surface area contributed by atoms with E-state index < -0.39 is 11.9 Å². The van der Waals surface area contributed by atoms with Gasteiger partial charge in [0.05, 0.1) is 11.1 Å². The highest BCUT2D eigenvalue weighted by molar-refractivity contribution is 6.52. The van der Waals surface area contributed by atoms with Crippen LogP contribution in [0.25, 0.3) is 10.8 Å². The molecule has 17 heavy (non-hydrogen) atoms. The molecule has 2 aromatic carbocycles. The van der Waals surface area contributed by atoms with Crippen LogP contribution in [0.5, 0.6) is 0 Å². The van der Waals surface area contributed by atoms with E-state index in [4.69, 9.17) is 4.74 Å². The lowest BCUT2D eigenvalue weighted by Crippen LogP contribution is -2.22. The summed E-state index contributed by atoms with van der Waals surface area (Å²) in [6.07, 6.45) is 0. The fraction of sp³-hybridized carbons (Fsp3) is 0.0769. The number of carbonyl (C=O) groups excluding carboxylic acids is 2. The summed E-state index contributed by atoms with van der Waals surface area (Å²) in [4.78, 5) is 23.3. The zero-order valence-corrected chi connectivity index (χ0v) is 9.32. The van der Waals surface area contributed by atoms with Crippen LogP contribution in [0.4, 0.5) is 0 Å². The molecule has 0 saturated carbocycles. The molecule has 0 bridgehead atoms. The van der Waals surface area contributed by atoms with Gasteiger partial charge in [-0.05, 0) is 11.5 Å². The molecule has 1 aliphatic heterocycles. The first-order valence-corrected chi connectivity index (χ1v) is 5.53. The highest BCUT2D eigenvalue weighted by Gasteiger charge is 2.27. The number of hydrogen-bond acceptors (Lipinski definition) is 3. The fourth-order valence-corrected chi connectivity index (χ4v) is 2.22. The molecular weight excluding hydrogens is 215 g/mol. The minimum atomic E-state index is -0.558. The Bertz CT molecular complexity index is 661. The second-order valence-corrected chi connectivity index (χ2v) is 4.08. The fourth-order valence-electron chi connectivity index (χ4n) is 2.22. The molecule has 0 unspecified atom stereocenters. The highest BCUT2D eigenvalue weighted by Crippen LogP contribution is 2.27. The number of benzene rings is 2. The smallest absolute Gasteiger partial charge is 0.346 e. The number of carbonyl (C=O) groups is 2. The van der Waals surface area contributed by atoms with E-state index in [2.05, 4.69) is 0 Å². The molecule has 0 N–H and O–H groups in total. The molecule has 1 heterocycles. The molecule has 2 aromatic rings. The Morgan fingerprint density at radius 2 is 1.82 bits per heavy atom. The minimum absolute atomic E-state index is 0.472. The average molecular weight is 224 g/mol. The summed E-state index contributed by atoms with van der Waals surface area (Å²) in [5.41, 5.74) is 2.03. The summed E-state index contributed by atoms with van der Waals surface area (Å²) in [5.74, 6) is -1.11. The van der Waals surface area contributed by atoms with Gasteiger partial charge < -0.3 is 4.74 Å². The van der Waals surface area contributed by atoms with Crippen molar-refractivity contribution in [3.05, 3.63) is 41.5 Å². The average Bonchev–Trinajstić information content (AvgIpc) is 2.35. The van der Waals surface area contributed by atoms with Gasteiger partial charge in [0.25, 0.3) is 0 Å². The third-order valence-corrected chi connectivity index (χ3v) is 3.07. The van der Waals surface area contributed by atoms with Gasteiger partial charge >= 0.3 is 11.9 Å². The maximum absolute atomic E-state index is 11.7. The summed E-state index contributed by atoms with van der Waals surface area (Å²) in [6.45, 7) is 2.02. The minimum Gasteiger partial charge on any atom is -0.386 e. The second-order valence-electron chi connectivity index (χ2n) is 4.08. The van der Waals surface area contributed by atoms with E-state index in [0.717, 1.165) is 18.1 Å². The van der Waals surface area contributed by atoms with Crippen molar-refractivity contribution in [1.29, 1.82) is 0 Å². The second kappa shape index (κ2) is 3.45. The van der Waals surface area contributed by atoms with Gasteiger partial charge in [-0.15, -0.1) is 0 Å². The molecule has 3 rings (SSSR count). The number of ether oxygens (including phenoxy) is 1. The van der Waals surface area contributed by atoms with Gasteiger partial charge in [0.15, 0.2) is 7.28 Å². The predicted molar refractivity (Wildman–Crippen MR) is 66.3 cm³/mol. The van der Waals surface area contributed by atoms with Gasteiger partial charge in [0.2, 0.25) is 0 Å². The Morgan fingerprint density at radius 1 is 1.06 bits per heavy atom. The van der Waals surface area contributed by atoms with E-state index >= 15 is 0 Å². The Labute approximate surface area is 98.6 Å². The van der Waals surface area contributed by atoms with Crippen molar-refractivity contribution in [3.63, 3.8) is 0 Å². The zero-order valence-electron chi connectivity index (χ0n) is 9.32. The zero-order chi connectivity index (χ0) is 12.0. The Morgan fingerprint density at radius 3 is 2.59 bits per heavy atom. The van der Waals surface area contributed by atoms with Crippen molar-refractivity contribution in [2.45, 2.75) is 6.82 Å². The number of cyclic esters (lactones) is 2. The standard InChI is InChI=1S/C13H9BO3/c1-14-8-5-7-3-2-4-9-11(7)10(6-8)13(16)17-12(9)15/h2-6,14H,1H3. The van der Waals surface area contributed by atoms with Crippen LogP contribution in [0.15, 0.2) is 30.3 Å². The van der Waals surface area contributed by atoms with Crippen molar-refractivity contribution < 1.29 is 14.3 Å². The summed E-state index contributed by atoms with van der Waals surface area (Å²) in [6, 6.07) is 9.21. The van der Waals surface area contributed by atoms with Crippen LogP contribution in [0.1, 0.15) is 20.7 Å². The molecule has 0 fully saturated rings. The number of hydrogen-bond donors (Lipinski definition) is 0. The third-order valence-electron chi connectivity index (χ3n) is 3.07. The molecule has 0 amide bonds. The van der Waals surface area contributed by atoms with E-state index in [-0.39, 0.29) is 0 Å². The van der Waals surface area contributed by atoms with Crippen molar-refractivity contribution in [1.82, 2.24) is 0 Å². The molecule has 0 saturated heterocycles. The largest absolute Gasteiger partial charge is 0.386 e. The van der Waals surface area contributed by atoms with E-state index in [1.54, 1.807) is 18.2 Å². The van der Waals surface area contributed by atoms with Gasteiger partial charge in [-0.25, -0.2) is 9.59 Å². The first-order valence-electron chi connectivity index (χ1n) is 5.53. The first-order chi connectivity index (χ1) is 8.20. The lowest BCUT2D eigenvalue weighted by molar-refractivity contribution is 0.0391. The maximum atomic E-state index is 11.7. The van der Waals surface area contributed by atoms with Crippen LogP contribution in [0, 0.1) is 0 Å². The van der Waals surface area contributed by atoms with Gasteiger partial charge in [-0.1, -0.05) is 36.6 Å². The SMILES string of the molecule is CBc1cc2c3c(cccc3c1)C(=O)OC2=O. The summed E-state index contributed by atoms with van der Waals surface area (Å²) in [7, 11) is 0.842. The van der Waals surface area contributed by atoms with Crippen LogP contribution >= 0.6 is 0 Å². The summed E-state index contributed by atoms with van der Waals surface area (Å²) >= 11 is 0. The molecule has 0 spiro atoms. The predicted octanol–water partition coefficient (Wildman–Crippen LogP) is 1.26. The molecular formula is C13H9BO3. The Kier molecular flexibility index (Phi) is 2.05. The highest BCUT2D eigenvalue weighted by atomic mass is 16.6. The van der Waals surface area contributed by atoms with Crippen LogP contribution in [-0.2, 0) is 4.74 Å². The van der Waals surface area contributed by atoms with Crippen molar-refractivity contribution in [2.24, 2.45) is 0 Å². The first kappa shape index (κ1) is 10.1. The number of rotatable bonds is 1. The lowest BCUT2D eigenvalue weighted by atomic mass is 9.72. The molecule has 1 aliphatic rings. The van der Waals surface area contributed by atoms with E-state index in [1.165, 1.54) is 0 Å². The lowest BCUT2D eigenvalue weighted by Gasteiger charge is -2.16. The van der Waals surface area contributed by atoms with E-state index in [9.17, 15) is 9.59 Å². The molecule has 4 heteroatoms. The van der Waals surface area contributed by atoms with Crippen molar-refractivity contribution >= 4 is 35.5 Å². The van der Waals surface area contributed by atoms with Crippen molar-refractivity contribution in [2.75, 3.05) is 0 Å². The van der Waals surface area contributed by atoms with Crippen LogP contribution in [-0.4, -0.2) is 19.2 Å². The topological polar surface area (TPSA) is 43.4 Å². The molecule has 0 atom stereocenters. The Hall–Kier alpha value is -2.10. The van der Waals surface area contributed by atoms with E-state index in [1.807, 2.05) is 19.0 Å². The van der Waals surface area contributed by atoms with Crippen LogP contribution < -0.4 is 5.46 Å². The van der Waals surface area contributed by atoms with Gasteiger partial charge in [-0.3, -0.25) is 0 Å². The Balaban J connectivity index is 2.48. The molecule has 0 radical (unpaired) electrons.